The minimum Gasteiger partial charge on any atom is -0.338 e. The molecule has 7 heteroatoms. The van der Waals surface area contributed by atoms with Gasteiger partial charge in [-0.3, -0.25) is 9.59 Å². The Balaban J connectivity index is 1.36. The maximum atomic E-state index is 12.8. The second kappa shape index (κ2) is 8.42. The lowest BCUT2D eigenvalue weighted by Gasteiger charge is -2.31. The van der Waals surface area contributed by atoms with E-state index in [1.807, 2.05) is 53.4 Å². The van der Waals surface area contributed by atoms with Crippen LogP contribution in [-0.2, 0) is 11.2 Å². The Morgan fingerprint density at radius 3 is 2.78 bits per heavy atom. The second-order valence-corrected chi connectivity index (χ2v) is 8.54. The molecule has 1 saturated heterocycles. The lowest BCUT2D eigenvalue weighted by atomic mass is 9.99. The van der Waals surface area contributed by atoms with Crippen LogP contribution >= 0.6 is 0 Å². The van der Waals surface area contributed by atoms with Crippen LogP contribution in [-0.4, -0.2) is 39.8 Å². The molecule has 1 aromatic heterocycles. The first-order chi connectivity index (χ1) is 15.6. The summed E-state index contributed by atoms with van der Waals surface area (Å²) in [6.07, 6.45) is 4.17. The third-order valence-electron chi connectivity index (χ3n) is 6.00. The molecule has 2 amide bonds. The number of rotatable bonds is 3. The van der Waals surface area contributed by atoms with Crippen molar-refractivity contribution in [3.63, 3.8) is 0 Å². The van der Waals surface area contributed by atoms with Crippen molar-refractivity contribution in [2.24, 2.45) is 5.92 Å². The molecule has 0 bridgehead atoms. The number of likely N-dealkylation sites (tertiary alicyclic amines) is 1. The van der Waals surface area contributed by atoms with E-state index in [0.29, 0.717) is 17.4 Å². The van der Waals surface area contributed by atoms with Crippen LogP contribution in [0.15, 0.2) is 54.7 Å². The Labute approximate surface area is 186 Å². The van der Waals surface area contributed by atoms with E-state index in [1.165, 1.54) is 6.42 Å². The van der Waals surface area contributed by atoms with Crippen LogP contribution in [0.4, 0.5) is 17.3 Å². The number of amides is 2. The number of benzene rings is 2. The van der Waals surface area contributed by atoms with Crippen LogP contribution in [0.25, 0.3) is 11.3 Å². The normalized spacial score (nSPS) is 17.6. The maximum absolute atomic E-state index is 12.8. The van der Waals surface area contributed by atoms with E-state index in [4.69, 9.17) is 4.98 Å². The summed E-state index contributed by atoms with van der Waals surface area (Å²) in [6, 6.07) is 15.0. The zero-order valence-corrected chi connectivity index (χ0v) is 18.0. The molecule has 0 spiro atoms. The van der Waals surface area contributed by atoms with Crippen molar-refractivity contribution >= 4 is 29.1 Å². The zero-order valence-electron chi connectivity index (χ0n) is 18.0. The van der Waals surface area contributed by atoms with Crippen LogP contribution in [0.1, 0.15) is 35.7 Å². The third-order valence-corrected chi connectivity index (χ3v) is 6.00. The van der Waals surface area contributed by atoms with Gasteiger partial charge in [-0.2, -0.15) is 0 Å². The quantitative estimate of drug-likeness (QED) is 0.652. The van der Waals surface area contributed by atoms with Gasteiger partial charge in [0.25, 0.3) is 5.91 Å². The number of anilines is 3. The fraction of sp³-hybridized carbons (Fsp3) is 0.280. The largest absolute Gasteiger partial charge is 0.338 e. The maximum Gasteiger partial charge on any atom is 0.253 e. The molecule has 0 saturated carbocycles. The van der Waals surface area contributed by atoms with E-state index in [9.17, 15) is 9.59 Å². The van der Waals surface area contributed by atoms with Gasteiger partial charge in [0.05, 0.1) is 17.8 Å². The van der Waals surface area contributed by atoms with Crippen LogP contribution < -0.4 is 10.6 Å². The standard InChI is InChI=1S/C25H25N5O2/c1-16-5-4-12-30(15-16)24(32)17-8-10-19(11-9-17)27-25-26-14-18-13-22(31)28-21-7-3-2-6-20(21)23(18)29-25/h2-3,6-11,14,16H,4-5,12-13,15H2,1H3,(H,28,31)(H,26,27,29). The average molecular weight is 428 g/mol. The van der Waals surface area contributed by atoms with E-state index >= 15 is 0 Å². The molecule has 3 heterocycles. The van der Waals surface area contributed by atoms with Crippen molar-refractivity contribution in [2.45, 2.75) is 26.2 Å². The van der Waals surface area contributed by atoms with Gasteiger partial charge in [-0.1, -0.05) is 25.1 Å². The molecule has 2 N–H and O–H groups in total. The number of hydrogen-bond donors (Lipinski definition) is 2. The highest BCUT2D eigenvalue weighted by Gasteiger charge is 2.22. The van der Waals surface area contributed by atoms with Crippen LogP contribution in [0, 0.1) is 5.92 Å². The lowest BCUT2D eigenvalue weighted by molar-refractivity contribution is -0.115. The molecule has 1 unspecified atom stereocenters. The van der Waals surface area contributed by atoms with Crippen molar-refractivity contribution in [3.8, 4) is 11.3 Å². The van der Waals surface area contributed by atoms with Crippen LogP contribution in [0.3, 0.4) is 0 Å². The van der Waals surface area contributed by atoms with Gasteiger partial charge in [0.1, 0.15) is 0 Å². The van der Waals surface area contributed by atoms with E-state index in [2.05, 4.69) is 22.5 Å². The molecule has 2 aliphatic heterocycles. The van der Waals surface area contributed by atoms with Gasteiger partial charge >= 0.3 is 0 Å². The first-order valence-corrected chi connectivity index (χ1v) is 11.0. The van der Waals surface area contributed by atoms with Crippen molar-refractivity contribution in [1.82, 2.24) is 14.9 Å². The number of piperidine rings is 1. The molecule has 162 valence electrons. The molecular formula is C25H25N5O2. The second-order valence-electron chi connectivity index (χ2n) is 8.54. The number of carbonyl (C=O) groups excluding carboxylic acids is 2. The number of fused-ring (bicyclic) bond motifs is 3. The van der Waals surface area contributed by atoms with Crippen LogP contribution in [0.5, 0.6) is 0 Å². The lowest BCUT2D eigenvalue weighted by Crippen LogP contribution is -2.39. The monoisotopic (exact) mass is 427 g/mol. The molecule has 5 rings (SSSR count). The number of carbonyl (C=O) groups is 2. The Kier molecular flexibility index (Phi) is 5.31. The minimum atomic E-state index is -0.0798. The fourth-order valence-electron chi connectivity index (χ4n) is 4.38. The van der Waals surface area contributed by atoms with E-state index in [-0.39, 0.29) is 18.2 Å². The fourth-order valence-corrected chi connectivity index (χ4v) is 4.38. The average Bonchev–Trinajstić information content (AvgIpc) is 2.94. The van der Waals surface area contributed by atoms with E-state index < -0.39 is 0 Å². The Morgan fingerprint density at radius 2 is 1.97 bits per heavy atom. The topological polar surface area (TPSA) is 87.2 Å². The molecule has 3 aromatic rings. The Morgan fingerprint density at radius 1 is 1.16 bits per heavy atom. The zero-order chi connectivity index (χ0) is 22.1. The summed E-state index contributed by atoms with van der Waals surface area (Å²) in [6.45, 7) is 3.84. The summed E-state index contributed by atoms with van der Waals surface area (Å²) in [5, 5.41) is 6.14. The summed E-state index contributed by atoms with van der Waals surface area (Å²) in [5.41, 5.74) is 4.62. The van der Waals surface area contributed by atoms with E-state index in [0.717, 1.165) is 47.7 Å². The van der Waals surface area contributed by atoms with Gasteiger partial charge in [-0.05, 0) is 49.1 Å². The van der Waals surface area contributed by atoms with Gasteiger partial charge < -0.3 is 15.5 Å². The molecule has 7 nitrogen and oxygen atoms in total. The highest BCUT2D eigenvalue weighted by Crippen LogP contribution is 2.32. The highest BCUT2D eigenvalue weighted by atomic mass is 16.2. The van der Waals surface area contributed by atoms with Gasteiger partial charge in [0.15, 0.2) is 0 Å². The molecule has 1 fully saturated rings. The smallest absolute Gasteiger partial charge is 0.253 e. The molecule has 1 atom stereocenters. The SMILES string of the molecule is CC1CCCN(C(=O)c2ccc(Nc3ncc4c(n3)-c3ccccc3NC(=O)C4)cc2)C1. The number of aromatic nitrogens is 2. The number of para-hydroxylation sites is 1. The Bertz CT molecular complexity index is 1180. The third kappa shape index (κ3) is 4.06. The van der Waals surface area contributed by atoms with Gasteiger partial charge in [0, 0.05) is 41.7 Å². The highest BCUT2D eigenvalue weighted by molar-refractivity contribution is 6.00. The molecule has 2 aromatic carbocycles. The number of nitrogens with zero attached hydrogens (tertiary/aromatic N) is 3. The first-order valence-electron chi connectivity index (χ1n) is 11.0. The van der Waals surface area contributed by atoms with Crippen LogP contribution in [0.2, 0.25) is 0 Å². The number of hydrogen-bond acceptors (Lipinski definition) is 5. The molecular weight excluding hydrogens is 402 g/mol. The Hall–Kier alpha value is -3.74. The molecule has 2 aliphatic rings. The van der Waals surface area contributed by atoms with Crippen molar-refractivity contribution < 1.29 is 9.59 Å². The summed E-state index contributed by atoms with van der Waals surface area (Å²) >= 11 is 0. The molecule has 0 radical (unpaired) electrons. The van der Waals surface area contributed by atoms with Crippen molar-refractivity contribution in [2.75, 3.05) is 23.7 Å². The van der Waals surface area contributed by atoms with Gasteiger partial charge in [-0.25, -0.2) is 9.97 Å². The minimum absolute atomic E-state index is 0.0798. The van der Waals surface area contributed by atoms with Crippen molar-refractivity contribution in [3.05, 3.63) is 65.9 Å². The summed E-state index contributed by atoms with van der Waals surface area (Å²) in [5.74, 6) is 0.994. The number of nitrogens with one attached hydrogen (secondary N) is 2. The predicted molar refractivity (Wildman–Crippen MR) is 124 cm³/mol. The first kappa shape index (κ1) is 20.2. The summed E-state index contributed by atoms with van der Waals surface area (Å²) in [7, 11) is 0. The van der Waals surface area contributed by atoms with E-state index in [1.54, 1.807) is 6.20 Å². The summed E-state index contributed by atoms with van der Waals surface area (Å²) < 4.78 is 0. The van der Waals surface area contributed by atoms with Gasteiger partial charge in [-0.15, -0.1) is 0 Å². The van der Waals surface area contributed by atoms with Gasteiger partial charge in [0.2, 0.25) is 11.9 Å². The summed E-state index contributed by atoms with van der Waals surface area (Å²) in [4.78, 5) is 36.0. The van der Waals surface area contributed by atoms with Crippen molar-refractivity contribution in [1.29, 1.82) is 0 Å². The predicted octanol–water partition coefficient (Wildman–Crippen LogP) is 4.25. The molecule has 32 heavy (non-hydrogen) atoms. The molecule has 0 aliphatic carbocycles.